The summed E-state index contributed by atoms with van der Waals surface area (Å²) in [5, 5.41) is 0. The molecule has 0 bridgehead atoms. The first-order chi connectivity index (χ1) is 11.1. The zero-order valence-electron chi connectivity index (χ0n) is 13.6. The predicted molar refractivity (Wildman–Crippen MR) is 86.7 cm³/mol. The third kappa shape index (κ3) is 3.58. The number of rotatable bonds is 8. The maximum Gasteiger partial charge on any atom is 0.531 e. The molecule has 0 aromatic heterocycles. The molecular weight excluding hydrogens is 314 g/mol. The van der Waals surface area contributed by atoms with Gasteiger partial charge in [0.15, 0.2) is 0 Å². The fourth-order valence-corrected chi connectivity index (χ4v) is 4.46. The van der Waals surface area contributed by atoms with Crippen LogP contribution in [-0.2, 0) is 13.3 Å². The van der Waals surface area contributed by atoms with Gasteiger partial charge in [-0.15, -0.1) is 0 Å². The topological polar surface area (TPSA) is 65.1 Å². The lowest BCUT2D eigenvalue weighted by Gasteiger charge is -2.25. The van der Waals surface area contributed by atoms with Gasteiger partial charge in [-0.1, -0.05) is 12.1 Å². The summed E-state index contributed by atoms with van der Waals surface area (Å²) < 4.78 is 17.0. The Morgan fingerprint density at radius 2 is 1.35 bits per heavy atom. The van der Waals surface area contributed by atoms with Crippen molar-refractivity contribution in [2.45, 2.75) is 20.8 Å². The zero-order chi connectivity index (χ0) is 16.9. The van der Waals surface area contributed by atoms with Crippen molar-refractivity contribution in [2.75, 3.05) is 19.8 Å². The van der Waals surface area contributed by atoms with Gasteiger partial charge in [0.1, 0.15) is 0 Å². The number of amides is 2. The molecule has 0 atom stereocenters. The molecule has 0 aliphatic carbocycles. The van der Waals surface area contributed by atoms with E-state index < -0.39 is 8.80 Å². The molecule has 0 radical (unpaired) electrons. The molecule has 1 aliphatic heterocycles. The monoisotopic (exact) mass is 335 g/mol. The van der Waals surface area contributed by atoms with Crippen molar-refractivity contribution < 1.29 is 22.9 Å². The van der Waals surface area contributed by atoms with Crippen LogP contribution in [0.1, 0.15) is 41.5 Å². The maximum absolute atomic E-state index is 12.3. The summed E-state index contributed by atoms with van der Waals surface area (Å²) >= 11 is 0. The van der Waals surface area contributed by atoms with Crippen molar-refractivity contribution in [2.24, 2.45) is 0 Å². The summed E-state index contributed by atoms with van der Waals surface area (Å²) in [5.41, 5.74) is 2.39. The highest BCUT2D eigenvalue weighted by molar-refractivity contribution is 6.66. The van der Waals surface area contributed by atoms with Gasteiger partial charge in [-0.05, 0) is 32.9 Å². The van der Waals surface area contributed by atoms with Gasteiger partial charge in [0.05, 0.1) is 11.1 Å². The number of nitrogens with zero attached hydrogens (tertiary/aromatic N) is 1. The standard InChI is InChI=1S/C16H21NO5Si/c1-4-20-23(21-5-2,22-6-3)12-11-17-15(18)13-9-7-8-10-14(13)16(17)19/h7-12H,4-6H2,1-3H3/b12-11+. The van der Waals surface area contributed by atoms with E-state index in [4.69, 9.17) is 13.3 Å². The molecule has 23 heavy (non-hydrogen) atoms. The van der Waals surface area contributed by atoms with Gasteiger partial charge in [-0.25, -0.2) is 4.90 Å². The number of imide groups is 1. The van der Waals surface area contributed by atoms with Crippen LogP contribution in [0.5, 0.6) is 0 Å². The second kappa shape index (κ2) is 7.65. The van der Waals surface area contributed by atoms with E-state index in [0.717, 1.165) is 4.90 Å². The minimum Gasteiger partial charge on any atom is -0.371 e. The molecule has 1 aromatic carbocycles. The summed E-state index contributed by atoms with van der Waals surface area (Å²) in [5.74, 6) is -0.705. The van der Waals surface area contributed by atoms with Gasteiger partial charge in [-0.2, -0.15) is 0 Å². The van der Waals surface area contributed by atoms with Crippen molar-refractivity contribution in [1.29, 1.82) is 0 Å². The van der Waals surface area contributed by atoms with Crippen molar-refractivity contribution in [3.63, 3.8) is 0 Å². The Kier molecular flexibility index (Phi) is 5.84. The van der Waals surface area contributed by atoms with Crippen molar-refractivity contribution in [1.82, 2.24) is 4.90 Å². The summed E-state index contributed by atoms with van der Waals surface area (Å²) in [6, 6.07) is 6.75. The highest BCUT2D eigenvalue weighted by Gasteiger charge is 2.40. The summed E-state index contributed by atoms with van der Waals surface area (Å²) in [6.45, 7) is 6.77. The van der Waals surface area contributed by atoms with Gasteiger partial charge in [0.2, 0.25) is 0 Å². The predicted octanol–water partition coefficient (Wildman–Crippen LogP) is 2.38. The number of benzene rings is 1. The first kappa shape index (κ1) is 17.5. The molecule has 0 saturated heterocycles. The fourth-order valence-electron chi connectivity index (χ4n) is 2.38. The third-order valence-corrected chi connectivity index (χ3v) is 5.92. The Morgan fingerprint density at radius 1 is 0.913 bits per heavy atom. The Balaban J connectivity index is 2.27. The first-order valence-corrected chi connectivity index (χ1v) is 9.46. The molecule has 2 amide bonds. The van der Waals surface area contributed by atoms with E-state index in [1.54, 1.807) is 30.0 Å². The van der Waals surface area contributed by atoms with Crippen LogP contribution < -0.4 is 0 Å². The molecule has 0 saturated carbocycles. The first-order valence-electron chi connectivity index (χ1n) is 7.66. The lowest BCUT2D eigenvalue weighted by Crippen LogP contribution is -2.45. The van der Waals surface area contributed by atoms with Gasteiger partial charge in [-0.3, -0.25) is 9.59 Å². The Labute approximate surface area is 137 Å². The van der Waals surface area contributed by atoms with Crippen LogP contribution in [0, 0.1) is 0 Å². The van der Waals surface area contributed by atoms with E-state index in [2.05, 4.69) is 0 Å². The number of hydrogen-bond donors (Lipinski definition) is 0. The van der Waals surface area contributed by atoms with E-state index in [1.807, 2.05) is 20.8 Å². The average Bonchev–Trinajstić information content (AvgIpc) is 2.78. The van der Waals surface area contributed by atoms with E-state index in [-0.39, 0.29) is 11.8 Å². The third-order valence-electron chi connectivity index (χ3n) is 3.29. The lowest BCUT2D eigenvalue weighted by atomic mass is 10.1. The van der Waals surface area contributed by atoms with Crippen LogP contribution in [-0.4, -0.2) is 45.3 Å². The lowest BCUT2D eigenvalue weighted by molar-refractivity contribution is 0.0717. The van der Waals surface area contributed by atoms with Crippen LogP contribution in [0.3, 0.4) is 0 Å². The highest BCUT2D eigenvalue weighted by atomic mass is 28.4. The molecule has 1 aromatic rings. The number of fused-ring (bicyclic) bond motifs is 1. The minimum absolute atomic E-state index is 0.353. The zero-order valence-corrected chi connectivity index (χ0v) is 14.6. The van der Waals surface area contributed by atoms with Crippen LogP contribution in [0.25, 0.3) is 0 Å². The summed E-state index contributed by atoms with van der Waals surface area (Å²) in [6.07, 6.45) is 1.41. The SMILES string of the molecule is CCO[Si](/C=C/N1C(=O)c2ccccc2C1=O)(OCC)OCC. The minimum atomic E-state index is -3.05. The van der Waals surface area contributed by atoms with E-state index in [1.165, 1.54) is 6.20 Å². The molecule has 124 valence electrons. The Bertz CT molecular complexity index is 564. The average molecular weight is 335 g/mol. The normalized spacial score (nSPS) is 14.8. The Hall–Kier alpha value is -1.80. The maximum atomic E-state index is 12.3. The van der Waals surface area contributed by atoms with Gasteiger partial charge < -0.3 is 13.3 Å². The quantitative estimate of drug-likeness (QED) is 0.539. The van der Waals surface area contributed by atoms with Crippen molar-refractivity contribution in [3.8, 4) is 0 Å². The van der Waals surface area contributed by atoms with Crippen LogP contribution in [0.4, 0.5) is 0 Å². The molecule has 1 aliphatic rings. The van der Waals surface area contributed by atoms with Crippen molar-refractivity contribution in [3.05, 3.63) is 47.3 Å². The number of hydrogen-bond acceptors (Lipinski definition) is 5. The largest absolute Gasteiger partial charge is 0.531 e. The summed E-state index contributed by atoms with van der Waals surface area (Å²) in [4.78, 5) is 25.8. The van der Waals surface area contributed by atoms with Gasteiger partial charge >= 0.3 is 8.80 Å². The van der Waals surface area contributed by atoms with Crippen molar-refractivity contribution >= 4 is 20.6 Å². The van der Waals surface area contributed by atoms with Gasteiger partial charge in [0.25, 0.3) is 11.8 Å². The molecular formula is C16H21NO5Si. The van der Waals surface area contributed by atoms with Crippen LogP contribution >= 0.6 is 0 Å². The van der Waals surface area contributed by atoms with Crippen LogP contribution in [0.15, 0.2) is 36.2 Å². The second-order valence-corrected chi connectivity index (χ2v) is 7.15. The number of carbonyl (C=O) groups is 2. The molecule has 0 N–H and O–H groups in total. The molecule has 6 nitrogen and oxygen atoms in total. The molecule has 0 unspecified atom stereocenters. The smallest absolute Gasteiger partial charge is 0.371 e. The van der Waals surface area contributed by atoms with Gasteiger partial charge in [0, 0.05) is 31.7 Å². The Morgan fingerprint density at radius 3 is 1.74 bits per heavy atom. The number of carbonyl (C=O) groups excluding carboxylic acids is 2. The summed E-state index contributed by atoms with van der Waals surface area (Å²) in [7, 11) is -3.05. The molecule has 1 heterocycles. The molecule has 7 heteroatoms. The molecule has 2 rings (SSSR count). The van der Waals surface area contributed by atoms with E-state index >= 15 is 0 Å². The van der Waals surface area contributed by atoms with E-state index in [9.17, 15) is 9.59 Å². The van der Waals surface area contributed by atoms with E-state index in [0.29, 0.717) is 30.9 Å². The molecule has 0 fully saturated rings. The highest BCUT2D eigenvalue weighted by Crippen LogP contribution is 2.23. The second-order valence-electron chi connectivity index (χ2n) is 4.74. The van der Waals surface area contributed by atoms with Crippen LogP contribution in [0.2, 0.25) is 0 Å². The fraction of sp³-hybridized carbons (Fsp3) is 0.375. The molecule has 0 spiro atoms.